The molecule has 1 saturated carbocycles. The monoisotopic (exact) mass is 594 g/mol. The van der Waals surface area contributed by atoms with Crippen LogP contribution in [0.25, 0.3) is 0 Å². The number of likely N-dealkylation sites (tertiary alicyclic amines) is 2. The van der Waals surface area contributed by atoms with Gasteiger partial charge in [-0.15, -0.1) is 0 Å². The molecule has 0 radical (unpaired) electrons. The summed E-state index contributed by atoms with van der Waals surface area (Å²) in [6.07, 6.45) is 8.82. The van der Waals surface area contributed by atoms with Gasteiger partial charge in [0.25, 0.3) is 0 Å². The Hall–Kier alpha value is -2.85. The number of amides is 3. The molecule has 3 amide bonds. The van der Waals surface area contributed by atoms with Crippen LogP contribution in [-0.2, 0) is 14.3 Å². The fourth-order valence-electron chi connectivity index (χ4n) is 8.36. The van der Waals surface area contributed by atoms with Crippen LogP contribution < -0.4 is 15.6 Å². The Bertz CT molecular complexity index is 1190. The van der Waals surface area contributed by atoms with Crippen LogP contribution in [0.15, 0.2) is 24.3 Å². The quantitative estimate of drug-likeness (QED) is 0.563. The van der Waals surface area contributed by atoms with Gasteiger partial charge in [0, 0.05) is 45.3 Å². The fourth-order valence-corrected chi connectivity index (χ4v) is 8.36. The normalized spacial score (nSPS) is 27.4. The number of piperidine rings is 1. The van der Waals surface area contributed by atoms with Crippen LogP contribution in [0.2, 0.25) is 0 Å². The number of nitrogens with two attached hydrogens (primary N) is 1. The lowest BCUT2D eigenvalue weighted by atomic mass is 9.80. The second-order valence-electron chi connectivity index (χ2n) is 14.5. The van der Waals surface area contributed by atoms with Crippen LogP contribution >= 0.6 is 0 Å². The Kier molecular flexibility index (Phi) is 8.37. The number of hydrazine groups is 1. The highest BCUT2D eigenvalue weighted by molar-refractivity contribution is 6.03. The first-order valence-electron chi connectivity index (χ1n) is 16.5. The minimum atomic E-state index is -0.543. The molecule has 2 atom stereocenters. The van der Waals surface area contributed by atoms with Gasteiger partial charge in [0.05, 0.1) is 11.4 Å². The molecule has 0 bridgehead atoms. The summed E-state index contributed by atoms with van der Waals surface area (Å²) in [6.45, 7) is 10.6. The molecule has 1 aromatic carbocycles. The lowest BCUT2D eigenvalue weighted by molar-refractivity contribution is -0.133. The molecule has 2 unspecified atom stereocenters. The van der Waals surface area contributed by atoms with Crippen LogP contribution in [0.5, 0.6) is 0 Å². The number of carbonyl (C=O) groups excluding carboxylic acids is 3. The second-order valence-corrected chi connectivity index (χ2v) is 14.5. The SMILES string of the molecule is CC(C)(C)OC(=O)N1CC2CN(N3CC(=O)N(C4CCN(C5(C(N)=O)CCCCCCC5)CC4)c4ccccc43)CC2C1. The molecule has 3 saturated heterocycles. The number of para-hydroxylation sites is 2. The number of anilines is 2. The molecule has 1 aliphatic carbocycles. The molecule has 1 aromatic rings. The van der Waals surface area contributed by atoms with Gasteiger partial charge in [0.15, 0.2) is 0 Å². The Morgan fingerprint density at radius 2 is 1.47 bits per heavy atom. The first kappa shape index (κ1) is 30.2. The lowest BCUT2D eigenvalue weighted by Gasteiger charge is -2.49. The standard InChI is InChI=1S/C33H50N6O4/c1-32(2,3)43-31(42)35-19-24-21-37(22-25(24)20-35)38-23-29(40)39(28-12-8-7-11-27(28)38)26-13-17-36(18-14-26)33(30(34)41)15-9-5-4-6-10-16-33/h7-8,11-12,24-26H,4-6,9-10,13-23H2,1-3H3,(H2,34,41). The zero-order valence-electron chi connectivity index (χ0n) is 26.3. The predicted molar refractivity (Wildman–Crippen MR) is 166 cm³/mol. The van der Waals surface area contributed by atoms with Crippen molar-refractivity contribution in [1.29, 1.82) is 0 Å². The maximum atomic E-state index is 13.9. The molecule has 5 aliphatic rings. The smallest absolute Gasteiger partial charge is 0.410 e. The molecular formula is C33H50N6O4. The average molecular weight is 595 g/mol. The molecule has 4 aliphatic heterocycles. The molecule has 4 heterocycles. The van der Waals surface area contributed by atoms with E-state index in [0.717, 1.165) is 76.1 Å². The van der Waals surface area contributed by atoms with Gasteiger partial charge in [-0.25, -0.2) is 9.80 Å². The topological polar surface area (TPSA) is 103 Å². The summed E-state index contributed by atoms with van der Waals surface area (Å²) in [7, 11) is 0. The van der Waals surface area contributed by atoms with E-state index in [1.54, 1.807) is 0 Å². The van der Waals surface area contributed by atoms with Gasteiger partial charge in [-0.1, -0.05) is 44.2 Å². The fraction of sp³-hybridized carbons (Fsp3) is 0.727. The summed E-state index contributed by atoms with van der Waals surface area (Å²) in [5.74, 6) is 0.679. The molecule has 236 valence electrons. The van der Waals surface area contributed by atoms with Crippen molar-refractivity contribution in [3.8, 4) is 0 Å². The molecule has 10 heteroatoms. The number of rotatable bonds is 4. The van der Waals surface area contributed by atoms with E-state index in [4.69, 9.17) is 10.5 Å². The van der Waals surface area contributed by atoms with Gasteiger partial charge in [-0.3, -0.25) is 19.5 Å². The summed E-state index contributed by atoms with van der Waals surface area (Å²) in [6, 6.07) is 8.38. The van der Waals surface area contributed by atoms with Crippen molar-refractivity contribution in [3.63, 3.8) is 0 Å². The zero-order chi connectivity index (χ0) is 30.4. The van der Waals surface area contributed by atoms with E-state index >= 15 is 0 Å². The lowest BCUT2D eigenvalue weighted by Crippen LogP contribution is -2.62. The molecular weight excluding hydrogens is 544 g/mol. The third kappa shape index (κ3) is 5.97. The van der Waals surface area contributed by atoms with Crippen LogP contribution in [-0.4, -0.2) is 95.7 Å². The highest BCUT2D eigenvalue weighted by Gasteiger charge is 2.48. The minimum Gasteiger partial charge on any atom is -0.444 e. The first-order chi connectivity index (χ1) is 20.6. The van der Waals surface area contributed by atoms with Crippen molar-refractivity contribution in [2.45, 2.75) is 95.7 Å². The summed E-state index contributed by atoms with van der Waals surface area (Å²) in [5, 5.41) is 4.50. The van der Waals surface area contributed by atoms with Crippen LogP contribution in [0, 0.1) is 11.8 Å². The number of nitrogens with zero attached hydrogens (tertiary/aromatic N) is 5. The van der Waals surface area contributed by atoms with Gasteiger partial charge in [-0.2, -0.15) is 0 Å². The number of carbonyl (C=O) groups is 3. The maximum absolute atomic E-state index is 13.9. The summed E-state index contributed by atoms with van der Waals surface area (Å²) < 4.78 is 5.62. The largest absolute Gasteiger partial charge is 0.444 e. The van der Waals surface area contributed by atoms with E-state index in [2.05, 4.69) is 33.1 Å². The maximum Gasteiger partial charge on any atom is 0.410 e. The number of benzene rings is 1. The molecule has 6 rings (SSSR count). The van der Waals surface area contributed by atoms with Gasteiger partial charge >= 0.3 is 6.09 Å². The molecule has 10 nitrogen and oxygen atoms in total. The minimum absolute atomic E-state index is 0.103. The zero-order valence-corrected chi connectivity index (χ0v) is 26.3. The highest BCUT2D eigenvalue weighted by Crippen LogP contribution is 2.42. The van der Waals surface area contributed by atoms with Crippen molar-refractivity contribution in [2.75, 3.05) is 55.7 Å². The van der Waals surface area contributed by atoms with Crippen molar-refractivity contribution in [2.24, 2.45) is 17.6 Å². The van der Waals surface area contributed by atoms with Gasteiger partial charge < -0.3 is 20.3 Å². The average Bonchev–Trinajstić information content (AvgIpc) is 3.52. The van der Waals surface area contributed by atoms with Gasteiger partial charge in [0.1, 0.15) is 17.7 Å². The van der Waals surface area contributed by atoms with E-state index < -0.39 is 11.1 Å². The van der Waals surface area contributed by atoms with Gasteiger partial charge in [0.2, 0.25) is 11.8 Å². The van der Waals surface area contributed by atoms with E-state index in [0.29, 0.717) is 31.5 Å². The van der Waals surface area contributed by atoms with Crippen molar-refractivity contribution in [3.05, 3.63) is 24.3 Å². The molecule has 0 spiro atoms. The van der Waals surface area contributed by atoms with Crippen molar-refractivity contribution >= 4 is 29.3 Å². The number of primary amides is 1. The Labute approximate surface area is 256 Å². The molecule has 4 fully saturated rings. The van der Waals surface area contributed by atoms with Crippen LogP contribution in [0.1, 0.15) is 78.6 Å². The first-order valence-corrected chi connectivity index (χ1v) is 16.5. The second kappa shape index (κ2) is 11.9. The number of fused-ring (bicyclic) bond motifs is 2. The van der Waals surface area contributed by atoms with E-state index in [1.165, 1.54) is 19.3 Å². The van der Waals surface area contributed by atoms with E-state index in [1.807, 2.05) is 36.6 Å². The van der Waals surface area contributed by atoms with Crippen molar-refractivity contribution < 1.29 is 19.1 Å². The summed E-state index contributed by atoms with van der Waals surface area (Å²) in [5.41, 5.74) is 7.09. The Balaban J connectivity index is 1.12. The molecule has 0 aromatic heterocycles. The number of hydrogen-bond donors (Lipinski definition) is 1. The van der Waals surface area contributed by atoms with E-state index in [9.17, 15) is 14.4 Å². The van der Waals surface area contributed by atoms with Crippen LogP contribution in [0.3, 0.4) is 0 Å². The van der Waals surface area contributed by atoms with Crippen molar-refractivity contribution in [1.82, 2.24) is 14.8 Å². The predicted octanol–water partition coefficient (Wildman–Crippen LogP) is 3.99. The van der Waals surface area contributed by atoms with Crippen LogP contribution in [0.4, 0.5) is 16.2 Å². The number of hydrogen-bond acceptors (Lipinski definition) is 7. The third-order valence-electron chi connectivity index (χ3n) is 10.5. The van der Waals surface area contributed by atoms with E-state index in [-0.39, 0.29) is 23.9 Å². The summed E-state index contributed by atoms with van der Waals surface area (Å²) >= 11 is 0. The Morgan fingerprint density at radius 1 is 0.884 bits per heavy atom. The Morgan fingerprint density at radius 3 is 2.05 bits per heavy atom. The molecule has 2 N–H and O–H groups in total. The van der Waals surface area contributed by atoms with Gasteiger partial charge in [-0.05, 0) is 70.4 Å². The highest BCUT2D eigenvalue weighted by atomic mass is 16.6. The third-order valence-corrected chi connectivity index (χ3v) is 10.5. The number of ether oxygens (including phenoxy) is 1. The molecule has 43 heavy (non-hydrogen) atoms. The summed E-state index contributed by atoms with van der Waals surface area (Å²) in [4.78, 5) is 45.6.